The standard InChI is InChI=1S/C19H27N5O3/c1-5-27-19(26)23-10-8-22(9-11-23)18(25)7-6-16-14(3)20-17-12-13(2)21-24(17)15(16)4/h12H,5-11H2,1-4H3. The van der Waals surface area contributed by atoms with Crippen molar-refractivity contribution in [1.29, 1.82) is 0 Å². The minimum atomic E-state index is -0.301. The van der Waals surface area contributed by atoms with Crippen LogP contribution in [0, 0.1) is 20.8 Å². The molecule has 3 heterocycles. The summed E-state index contributed by atoms with van der Waals surface area (Å²) >= 11 is 0. The molecule has 0 aliphatic carbocycles. The Morgan fingerprint density at radius 2 is 1.78 bits per heavy atom. The summed E-state index contributed by atoms with van der Waals surface area (Å²) < 4.78 is 6.86. The first-order valence-electron chi connectivity index (χ1n) is 9.42. The third-order valence-corrected chi connectivity index (χ3v) is 5.03. The summed E-state index contributed by atoms with van der Waals surface area (Å²) in [4.78, 5) is 32.5. The van der Waals surface area contributed by atoms with Crippen molar-refractivity contribution in [2.45, 2.75) is 40.5 Å². The van der Waals surface area contributed by atoms with Gasteiger partial charge in [-0.15, -0.1) is 0 Å². The van der Waals surface area contributed by atoms with Gasteiger partial charge in [-0.25, -0.2) is 14.3 Å². The van der Waals surface area contributed by atoms with Crippen molar-refractivity contribution in [3.8, 4) is 0 Å². The van der Waals surface area contributed by atoms with Crippen LogP contribution in [-0.4, -0.2) is 69.2 Å². The first-order chi connectivity index (χ1) is 12.9. The van der Waals surface area contributed by atoms with Crippen LogP contribution in [0.4, 0.5) is 4.79 Å². The zero-order valence-corrected chi connectivity index (χ0v) is 16.5. The van der Waals surface area contributed by atoms with Crippen LogP contribution >= 0.6 is 0 Å². The molecule has 0 aromatic carbocycles. The van der Waals surface area contributed by atoms with Crippen LogP contribution in [-0.2, 0) is 16.0 Å². The molecule has 2 aromatic heterocycles. The second kappa shape index (κ2) is 7.94. The molecule has 0 unspecified atom stereocenters. The molecule has 0 N–H and O–H groups in total. The number of carbonyl (C=O) groups is 2. The highest BCUT2D eigenvalue weighted by molar-refractivity contribution is 5.77. The molecule has 3 rings (SSSR count). The number of piperazine rings is 1. The van der Waals surface area contributed by atoms with Crippen LogP contribution < -0.4 is 0 Å². The molecule has 2 aromatic rings. The zero-order chi connectivity index (χ0) is 19.6. The number of fused-ring (bicyclic) bond motifs is 1. The number of amides is 2. The van der Waals surface area contributed by atoms with Gasteiger partial charge in [0.25, 0.3) is 0 Å². The van der Waals surface area contributed by atoms with E-state index in [1.807, 2.05) is 36.3 Å². The van der Waals surface area contributed by atoms with Gasteiger partial charge < -0.3 is 14.5 Å². The monoisotopic (exact) mass is 373 g/mol. The molecule has 27 heavy (non-hydrogen) atoms. The fourth-order valence-electron chi connectivity index (χ4n) is 3.55. The lowest BCUT2D eigenvalue weighted by molar-refractivity contribution is -0.132. The van der Waals surface area contributed by atoms with E-state index in [2.05, 4.69) is 10.1 Å². The van der Waals surface area contributed by atoms with Gasteiger partial charge in [0.15, 0.2) is 5.65 Å². The summed E-state index contributed by atoms with van der Waals surface area (Å²) in [5, 5.41) is 4.48. The van der Waals surface area contributed by atoms with Gasteiger partial charge in [0.1, 0.15) is 0 Å². The van der Waals surface area contributed by atoms with E-state index in [9.17, 15) is 9.59 Å². The molecule has 2 amide bonds. The first kappa shape index (κ1) is 19.1. The molecule has 146 valence electrons. The van der Waals surface area contributed by atoms with Crippen LogP contribution in [0.1, 0.15) is 36.0 Å². The number of aromatic nitrogens is 3. The fourth-order valence-corrected chi connectivity index (χ4v) is 3.55. The zero-order valence-electron chi connectivity index (χ0n) is 16.5. The van der Waals surface area contributed by atoms with E-state index >= 15 is 0 Å². The van der Waals surface area contributed by atoms with Gasteiger partial charge in [-0.2, -0.15) is 5.10 Å². The fraction of sp³-hybridized carbons (Fsp3) is 0.579. The van der Waals surface area contributed by atoms with E-state index < -0.39 is 0 Å². The van der Waals surface area contributed by atoms with Gasteiger partial charge in [0.2, 0.25) is 5.91 Å². The molecule has 0 spiro atoms. The average molecular weight is 373 g/mol. The quantitative estimate of drug-likeness (QED) is 0.818. The number of aryl methyl sites for hydroxylation is 3. The molecule has 1 saturated heterocycles. The van der Waals surface area contributed by atoms with Gasteiger partial charge in [-0.1, -0.05) is 0 Å². The highest BCUT2D eigenvalue weighted by Crippen LogP contribution is 2.18. The Morgan fingerprint density at radius 1 is 1.11 bits per heavy atom. The van der Waals surface area contributed by atoms with Crippen LogP contribution in [0.5, 0.6) is 0 Å². The van der Waals surface area contributed by atoms with Gasteiger partial charge in [0, 0.05) is 50.1 Å². The molecule has 0 bridgehead atoms. The largest absolute Gasteiger partial charge is 0.450 e. The maximum absolute atomic E-state index is 12.6. The van der Waals surface area contributed by atoms with Crippen molar-refractivity contribution in [1.82, 2.24) is 24.4 Å². The van der Waals surface area contributed by atoms with Crippen molar-refractivity contribution in [2.24, 2.45) is 0 Å². The highest BCUT2D eigenvalue weighted by Gasteiger charge is 2.25. The predicted molar refractivity (Wildman–Crippen MR) is 101 cm³/mol. The molecule has 1 aliphatic heterocycles. The maximum Gasteiger partial charge on any atom is 0.409 e. The van der Waals surface area contributed by atoms with Crippen molar-refractivity contribution >= 4 is 17.6 Å². The molecule has 8 nitrogen and oxygen atoms in total. The molecule has 8 heteroatoms. The summed E-state index contributed by atoms with van der Waals surface area (Å²) in [6.45, 7) is 10.2. The van der Waals surface area contributed by atoms with Crippen LogP contribution in [0.3, 0.4) is 0 Å². The molecule has 1 aliphatic rings. The average Bonchev–Trinajstić information content (AvgIpc) is 3.02. The summed E-state index contributed by atoms with van der Waals surface area (Å²) in [5.74, 6) is 0.106. The summed E-state index contributed by atoms with van der Waals surface area (Å²) in [6, 6.07) is 1.96. The van der Waals surface area contributed by atoms with Gasteiger partial charge in [-0.3, -0.25) is 4.79 Å². The first-order valence-corrected chi connectivity index (χ1v) is 9.42. The normalized spacial score (nSPS) is 14.7. The predicted octanol–water partition coefficient (Wildman–Crippen LogP) is 1.89. The van der Waals surface area contributed by atoms with E-state index in [4.69, 9.17) is 4.74 Å². The van der Waals surface area contributed by atoms with E-state index in [0.717, 1.165) is 28.3 Å². The number of hydrogen-bond donors (Lipinski definition) is 0. The van der Waals surface area contributed by atoms with Crippen molar-refractivity contribution in [2.75, 3.05) is 32.8 Å². The van der Waals surface area contributed by atoms with Crippen molar-refractivity contribution < 1.29 is 14.3 Å². The maximum atomic E-state index is 12.6. The molecular weight excluding hydrogens is 346 g/mol. The Morgan fingerprint density at radius 3 is 2.44 bits per heavy atom. The summed E-state index contributed by atoms with van der Waals surface area (Å²) in [7, 11) is 0. The summed E-state index contributed by atoms with van der Waals surface area (Å²) in [5.41, 5.74) is 4.82. The Kier molecular flexibility index (Phi) is 5.62. The Hall–Kier alpha value is -2.64. The molecule has 0 radical (unpaired) electrons. The minimum absolute atomic E-state index is 0.106. The van der Waals surface area contributed by atoms with E-state index in [-0.39, 0.29) is 12.0 Å². The van der Waals surface area contributed by atoms with Crippen LogP contribution in [0.2, 0.25) is 0 Å². The highest BCUT2D eigenvalue weighted by atomic mass is 16.6. The van der Waals surface area contributed by atoms with E-state index in [1.54, 1.807) is 11.8 Å². The number of nitrogens with zero attached hydrogens (tertiary/aromatic N) is 5. The number of ether oxygens (including phenoxy) is 1. The number of rotatable bonds is 4. The second-order valence-electron chi connectivity index (χ2n) is 6.88. The van der Waals surface area contributed by atoms with Crippen molar-refractivity contribution in [3.05, 3.63) is 28.7 Å². The van der Waals surface area contributed by atoms with Crippen LogP contribution in [0.15, 0.2) is 6.07 Å². The molecule has 1 fully saturated rings. The van der Waals surface area contributed by atoms with Gasteiger partial charge in [-0.05, 0) is 39.7 Å². The van der Waals surface area contributed by atoms with E-state index in [0.29, 0.717) is 45.6 Å². The second-order valence-corrected chi connectivity index (χ2v) is 6.88. The van der Waals surface area contributed by atoms with Crippen molar-refractivity contribution in [3.63, 3.8) is 0 Å². The minimum Gasteiger partial charge on any atom is -0.450 e. The third-order valence-electron chi connectivity index (χ3n) is 5.03. The van der Waals surface area contributed by atoms with Gasteiger partial charge in [0.05, 0.1) is 12.3 Å². The third kappa shape index (κ3) is 4.04. The molecule has 0 atom stereocenters. The van der Waals surface area contributed by atoms with E-state index in [1.165, 1.54) is 0 Å². The molecular formula is C19H27N5O3. The topological polar surface area (TPSA) is 80.0 Å². The Balaban J connectivity index is 1.60. The number of hydrogen-bond acceptors (Lipinski definition) is 5. The lowest BCUT2D eigenvalue weighted by Gasteiger charge is -2.34. The van der Waals surface area contributed by atoms with Gasteiger partial charge >= 0.3 is 6.09 Å². The Labute approximate surface area is 159 Å². The smallest absolute Gasteiger partial charge is 0.409 e. The number of carbonyl (C=O) groups excluding carboxylic acids is 2. The Bertz CT molecular complexity index is 853. The summed E-state index contributed by atoms with van der Waals surface area (Å²) in [6.07, 6.45) is 0.759. The lowest BCUT2D eigenvalue weighted by atomic mass is 10.1. The molecule has 0 saturated carbocycles. The van der Waals surface area contributed by atoms with Crippen LogP contribution in [0.25, 0.3) is 5.65 Å². The SMILES string of the molecule is CCOC(=O)N1CCN(C(=O)CCc2c(C)nc3cc(C)nn3c2C)CC1. The lowest BCUT2D eigenvalue weighted by Crippen LogP contribution is -2.50.